The van der Waals surface area contributed by atoms with Gasteiger partial charge in [-0.15, -0.1) is 10.2 Å². The van der Waals surface area contributed by atoms with Gasteiger partial charge in [0.15, 0.2) is 5.65 Å². The first kappa shape index (κ1) is 17.5. The summed E-state index contributed by atoms with van der Waals surface area (Å²) in [4.78, 5) is 0. The minimum absolute atomic E-state index is 0.271. The van der Waals surface area contributed by atoms with Crippen LogP contribution in [0.25, 0.3) is 5.65 Å². The van der Waals surface area contributed by atoms with Gasteiger partial charge in [0.1, 0.15) is 23.1 Å². The molecule has 0 saturated heterocycles. The minimum atomic E-state index is -0.271. The van der Waals surface area contributed by atoms with Crippen LogP contribution in [0, 0.1) is 24.6 Å². The van der Waals surface area contributed by atoms with Crippen LogP contribution < -0.4 is 9.47 Å². The lowest BCUT2D eigenvalue weighted by Gasteiger charge is -2.11. The molecule has 0 amide bonds. The molecule has 1 aromatic carbocycles. The van der Waals surface area contributed by atoms with Crippen LogP contribution in [0.5, 0.6) is 11.5 Å². The largest absolute Gasteiger partial charge is 0.496 e. The lowest BCUT2D eigenvalue weighted by molar-refractivity contribution is 0.294. The molecule has 5 nitrogen and oxygen atoms in total. The van der Waals surface area contributed by atoms with Crippen molar-refractivity contribution in [2.45, 2.75) is 38.5 Å². The first-order chi connectivity index (χ1) is 13.6. The molecule has 3 aromatic rings. The highest BCUT2D eigenvalue weighted by Gasteiger charge is 2.40. The van der Waals surface area contributed by atoms with Crippen LogP contribution in [0.3, 0.4) is 0 Å². The highest BCUT2D eigenvalue weighted by atomic mass is 19.1. The van der Waals surface area contributed by atoms with Crippen molar-refractivity contribution in [1.29, 1.82) is 0 Å². The number of pyridine rings is 1. The number of nitrogens with zero attached hydrogens (tertiary/aromatic N) is 3. The van der Waals surface area contributed by atoms with Crippen molar-refractivity contribution in [3.63, 3.8) is 0 Å². The molecule has 0 aliphatic heterocycles. The summed E-state index contributed by atoms with van der Waals surface area (Å²) in [6.45, 7) is 2.67. The molecule has 0 bridgehead atoms. The Morgan fingerprint density at radius 3 is 2.82 bits per heavy atom. The van der Waals surface area contributed by atoms with Gasteiger partial charge in [-0.25, -0.2) is 4.39 Å². The summed E-state index contributed by atoms with van der Waals surface area (Å²) in [5.74, 6) is 3.80. The number of hydrogen-bond donors (Lipinski definition) is 0. The van der Waals surface area contributed by atoms with Crippen molar-refractivity contribution in [3.8, 4) is 11.5 Å². The average molecular weight is 381 g/mol. The van der Waals surface area contributed by atoms with E-state index >= 15 is 0 Å². The van der Waals surface area contributed by atoms with Crippen LogP contribution in [-0.4, -0.2) is 28.3 Å². The van der Waals surface area contributed by atoms with Crippen molar-refractivity contribution < 1.29 is 13.9 Å². The summed E-state index contributed by atoms with van der Waals surface area (Å²) in [6.07, 6.45) is 6.65. The number of methoxy groups -OCH3 is 1. The average Bonchev–Trinajstić information content (AvgIpc) is 3.61. The van der Waals surface area contributed by atoms with E-state index in [0.29, 0.717) is 24.2 Å². The van der Waals surface area contributed by atoms with E-state index in [2.05, 4.69) is 14.6 Å². The molecule has 28 heavy (non-hydrogen) atoms. The molecule has 2 saturated carbocycles. The molecule has 5 rings (SSSR count). The lowest BCUT2D eigenvalue weighted by atomic mass is 10.1. The first-order valence-corrected chi connectivity index (χ1v) is 9.93. The monoisotopic (exact) mass is 381 g/mol. The molecular weight excluding hydrogens is 357 g/mol. The van der Waals surface area contributed by atoms with Crippen molar-refractivity contribution in [2.75, 3.05) is 13.7 Å². The van der Waals surface area contributed by atoms with E-state index in [1.807, 2.05) is 25.3 Å². The van der Waals surface area contributed by atoms with E-state index in [0.717, 1.165) is 47.1 Å². The van der Waals surface area contributed by atoms with E-state index in [1.165, 1.54) is 25.0 Å². The number of hydrogen-bond acceptors (Lipinski definition) is 4. The Bertz CT molecular complexity index is 1030. The molecule has 0 radical (unpaired) electrons. The molecule has 2 aromatic heterocycles. The predicted molar refractivity (Wildman–Crippen MR) is 103 cm³/mol. The summed E-state index contributed by atoms with van der Waals surface area (Å²) >= 11 is 0. The number of aryl methyl sites for hydroxylation is 1. The SMILES string of the molecule is COc1cc(F)ccc1[C@H]1C[C@@H]1COc1ccn2c(CC3CC3)nnc2c1C. The second kappa shape index (κ2) is 6.76. The number of halogens is 1. The molecule has 2 heterocycles. The zero-order valence-electron chi connectivity index (χ0n) is 16.2. The highest BCUT2D eigenvalue weighted by molar-refractivity contribution is 5.54. The van der Waals surface area contributed by atoms with E-state index in [9.17, 15) is 4.39 Å². The van der Waals surface area contributed by atoms with E-state index in [4.69, 9.17) is 9.47 Å². The molecule has 2 atom stereocenters. The Morgan fingerprint density at radius 1 is 1.18 bits per heavy atom. The second-order valence-corrected chi connectivity index (χ2v) is 8.06. The van der Waals surface area contributed by atoms with E-state index < -0.39 is 0 Å². The summed E-state index contributed by atoms with van der Waals surface area (Å²) in [7, 11) is 1.58. The van der Waals surface area contributed by atoms with Gasteiger partial charge in [0.25, 0.3) is 0 Å². The predicted octanol–water partition coefficient (Wildman–Crippen LogP) is 4.32. The maximum atomic E-state index is 13.4. The zero-order chi connectivity index (χ0) is 19.3. The Labute approximate surface area is 163 Å². The van der Waals surface area contributed by atoms with Crippen LogP contribution in [0.1, 0.15) is 42.1 Å². The Kier molecular flexibility index (Phi) is 4.22. The van der Waals surface area contributed by atoms with E-state index in [1.54, 1.807) is 7.11 Å². The van der Waals surface area contributed by atoms with Gasteiger partial charge in [-0.1, -0.05) is 6.07 Å². The molecule has 6 heteroatoms. The second-order valence-electron chi connectivity index (χ2n) is 8.06. The summed E-state index contributed by atoms with van der Waals surface area (Å²) in [5, 5.41) is 8.75. The Balaban J connectivity index is 1.27. The van der Waals surface area contributed by atoms with Crippen LogP contribution in [0.15, 0.2) is 30.5 Å². The molecule has 2 aliphatic rings. The van der Waals surface area contributed by atoms with Crippen LogP contribution in [-0.2, 0) is 6.42 Å². The van der Waals surface area contributed by atoms with Gasteiger partial charge in [0.2, 0.25) is 0 Å². The Hall–Kier alpha value is -2.63. The van der Waals surface area contributed by atoms with Crippen molar-refractivity contribution >= 4 is 5.65 Å². The van der Waals surface area contributed by atoms with Crippen molar-refractivity contribution in [2.24, 2.45) is 11.8 Å². The standard InChI is InChI=1S/C22H24FN3O2/c1-13-19(7-8-26-21(9-14-3-4-14)24-25-22(13)26)28-12-15-10-18(15)17-6-5-16(23)11-20(17)27-2/h5-8,11,14-15,18H,3-4,9-10,12H2,1-2H3/t15-,18+/m1/s1. The molecular formula is C22H24FN3O2. The maximum absolute atomic E-state index is 13.4. The van der Waals surface area contributed by atoms with Crippen LogP contribution in [0.4, 0.5) is 4.39 Å². The summed E-state index contributed by atoms with van der Waals surface area (Å²) < 4.78 is 27.0. The van der Waals surface area contributed by atoms with Crippen LogP contribution in [0.2, 0.25) is 0 Å². The fourth-order valence-electron chi connectivity index (χ4n) is 3.99. The zero-order valence-corrected chi connectivity index (χ0v) is 16.2. The van der Waals surface area contributed by atoms with Gasteiger partial charge in [0, 0.05) is 30.2 Å². The van der Waals surface area contributed by atoms with Crippen molar-refractivity contribution in [3.05, 3.63) is 53.2 Å². The lowest BCUT2D eigenvalue weighted by Crippen LogP contribution is -2.04. The number of rotatable bonds is 7. The topological polar surface area (TPSA) is 48.7 Å². The van der Waals surface area contributed by atoms with Crippen LogP contribution >= 0.6 is 0 Å². The third-order valence-electron chi connectivity index (χ3n) is 5.99. The smallest absolute Gasteiger partial charge is 0.167 e. The first-order valence-electron chi connectivity index (χ1n) is 9.93. The summed E-state index contributed by atoms with van der Waals surface area (Å²) in [6, 6.07) is 6.79. The third-order valence-corrected chi connectivity index (χ3v) is 5.99. The minimum Gasteiger partial charge on any atom is -0.496 e. The molecule has 2 fully saturated rings. The van der Waals surface area contributed by atoms with Gasteiger partial charge in [-0.05, 0) is 55.7 Å². The van der Waals surface area contributed by atoms with E-state index in [-0.39, 0.29) is 5.82 Å². The van der Waals surface area contributed by atoms with Gasteiger partial charge >= 0.3 is 0 Å². The van der Waals surface area contributed by atoms with Crippen molar-refractivity contribution in [1.82, 2.24) is 14.6 Å². The third kappa shape index (κ3) is 3.21. The number of benzene rings is 1. The quantitative estimate of drug-likeness (QED) is 0.612. The fraction of sp³-hybridized carbons (Fsp3) is 0.455. The fourth-order valence-corrected chi connectivity index (χ4v) is 3.99. The highest BCUT2D eigenvalue weighted by Crippen LogP contribution is 2.50. The number of aromatic nitrogens is 3. The molecule has 0 N–H and O–H groups in total. The van der Waals surface area contributed by atoms with Gasteiger partial charge in [-0.2, -0.15) is 0 Å². The molecule has 146 valence electrons. The molecule has 0 spiro atoms. The number of ether oxygens (including phenoxy) is 2. The normalized spacial score (nSPS) is 21.1. The molecule has 0 unspecified atom stereocenters. The summed E-state index contributed by atoms with van der Waals surface area (Å²) in [5.41, 5.74) is 2.96. The van der Waals surface area contributed by atoms with Gasteiger partial charge < -0.3 is 9.47 Å². The maximum Gasteiger partial charge on any atom is 0.167 e. The number of fused-ring (bicyclic) bond motifs is 1. The molecule has 2 aliphatic carbocycles. The Morgan fingerprint density at radius 2 is 2.04 bits per heavy atom. The van der Waals surface area contributed by atoms with Gasteiger partial charge in [-0.3, -0.25) is 4.40 Å². The van der Waals surface area contributed by atoms with Gasteiger partial charge in [0.05, 0.1) is 13.7 Å².